The average Bonchev–Trinajstić information content (AvgIpc) is 2.26. The van der Waals surface area contributed by atoms with Gasteiger partial charge in [-0.1, -0.05) is 0 Å². The van der Waals surface area contributed by atoms with Gasteiger partial charge in [0.15, 0.2) is 6.29 Å². The molecule has 0 amide bonds. The second-order valence-corrected chi connectivity index (χ2v) is 2.94. The Labute approximate surface area is 93.0 Å². The number of aldehydes is 2. The molecule has 0 saturated carbocycles. The van der Waals surface area contributed by atoms with Crippen LogP contribution in [0.5, 0.6) is 5.75 Å². The normalized spacial score (nSPS) is 10.7. The molecule has 3 nitrogen and oxygen atoms in total. The molecule has 0 saturated heterocycles. The van der Waals surface area contributed by atoms with Crippen molar-refractivity contribution < 1.29 is 31.9 Å². The molecular formula is C10H6F4O3. The number of rotatable bonds is 5. The summed E-state index contributed by atoms with van der Waals surface area (Å²) in [4.78, 5) is 21.0. The fourth-order valence-corrected chi connectivity index (χ4v) is 1.24. The van der Waals surface area contributed by atoms with Crippen molar-refractivity contribution in [3.63, 3.8) is 0 Å². The van der Waals surface area contributed by atoms with Gasteiger partial charge in [-0.2, -0.15) is 8.78 Å². The van der Waals surface area contributed by atoms with Crippen LogP contribution < -0.4 is 4.74 Å². The lowest BCUT2D eigenvalue weighted by Crippen LogP contribution is -2.07. The Hall–Kier alpha value is -1.92. The largest absolute Gasteiger partial charge is 0.434 e. The van der Waals surface area contributed by atoms with Crippen LogP contribution >= 0.6 is 0 Å². The predicted molar refractivity (Wildman–Crippen MR) is 48.8 cm³/mol. The lowest BCUT2D eigenvalue weighted by Gasteiger charge is -2.11. The van der Waals surface area contributed by atoms with E-state index in [0.717, 1.165) is 12.1 Å². The zero-order valence-corrected chi connectivity index (χ0v) is 8.20. The van der Waals surface area contributed by atoms with E-state index in [-0.39, 0.29) is 18.1 Å². The summed E-state index contributed by atoms with van der Waals surface area (Å²) in [6.07, 6.45) is -2.90. The first-order valence-electron chi connectivity index (χ1n) is 4.30. The Bertz CT molecular complexity index is 432. The van der Waals surface area contributed by atoms with E-state index in [1.54, 1.807) is 0 Å². The molecule has 1 aromatic carbocycles. The quantitative estimate of drug-likeness (QED) is 0.596. The molecule has 0 aliphatic rings. The number of benzene rings is 1. The van der Waals surface area contributed by atoms with E-state index in [1.165, 1.54) is 0 Å². The van der Waals surface area contributed by atoms with E-state index < -0.39 is 29.9 Å². The van der Waals surface area contributed by atoms with Crippen LogP contribution in [-0.2, 0) is 0 Å². The van der Waals surface area contributed by atoms with Crippen molar-refractivity contribution in [2.75, 3.05) is 0 Å². The molecule has 0 atom stereocenters. The lowest BCUT2D eigenvalue weighted by atomic mass is 10.0. The maximum Gasteiger partial charge on any atom is 0.387 e. The van der Waals surface area contributed by atoms with Gasteiger partial charge in [0.25, 0.3) is 6.43 Å². The van der Waals surface area contributed by atoms with Gasteiger partial charge in [-0.15, -0.1) is 0 Å². The molecule has 1 rings (SSSR count). The number of carbonyl (C=O) groups excluding carboxylic acids is 2. The highest BCUT2D eigenvalue weighted by Crippen LogP contribution is 2.30. The predicted octanol–water partition coefficient (Wildman–Crippen LogP) is 2.85. The molecule has 0 radical (unpaired) electrons. The summed E-state index contributed by atoms with van der Waals surface area (Å²) < 4.78 is 53.0. The summed E-state index contributed by atoms with van der Waals surface area (Å²) in [5, 5.41) is 0. The van der Waals surface area contributed by atoms with Crippen LogP contribution in [0.1, 0.15) is 32.7 Å². The minimum Gasteiger partial charge on any atom is -0.434 e. The summed E-state index contributed by atoms with van der Waals surface area (Å²) >= 11 is 0. The maximum absolute atomic E-state index is 12.5. The van der Waals surface area contributed by atoms with Crippen molar-refractivity contribution in [2.45, 2.75) is 13.0 Å². The Morgan fingerprint density at radius 3 is 2.12 bits per heavy atom. The molecule has 0 bridgehead atoms. The maximum atomic E-state index is 12.5. The van der Waals surface area contributed by atoms with Crippen LogP contribution in [0.2, 0.25) is 0 Å². The van der Waals surface area contributed by atoms with E-state index in [0.29, 0.717) is 0 Å². The van der Waals surface area contributed by atoms with Crippen molar-refractivity contribution in [3.05, 3.63) is 28.8 Å². The van der Waals surface area contributed by atoms with E-state index in [2.05, 4.69) is 4.74 Å². The van der Waals surface area contributed by atoms with Crippen LogP contribution in [0.4, 0.5) is 17.6 Å². The highest BCUT2D eigenvalue weighted by atomic mass is 19.3. The summed E-state index contributed by atoms with van der Waals surface area (Å²) in [5.74, 6) is -0.741. The molecule has 0 N–H and O–H groups in total. The standard InChI is InChI=1S/C10H6F4O3/c11-9(12)6-1-5(3-15)2-8(7(6)4-16)17-10(13)14/h1-4,9-10H. The Morgan fingerprint density at radius 2 is 1.71 bits per heavy atom. The monoisotopic (exact) mass is 250 g/mol. The molecule has 0 heterocycles. The molecule has 1 aromatic rings. The third-order valence-electron chi connectivity index (χ3n) is 1.90. The van der Waals surface area contributed by atoms with Gasteiger partial charge in [0.1, 0.15) is 12.0 Å². The van der Waals surface area contributed by atoms with Gasteiger partial charge in [-0.05, 0) is 12.1 Å². The van der Waals surface area contributed by atoms with Crippen molar-refractivity contribution in [2.24, 2.45) is 0 Å². The summed E-state index contributed by atoms with van der Waals surface area (Å²) in [6.45, 7) is -3.28. The van der Waals surface area contributed by atoms with Crippen molar-refractivity contribution in [3.8, 4) is 5.75 Å². The van der Waals surface area contributed by atoms with Crippen LogP contribution in [0, 0.1) is 0 Å². The minimum atomic E-state index is -3.28. The SMILES string of the molecule is O=Cc1cc(OC(F)F)c(C=O)c(C(F)F)c1. The molecule has 0 aliphatic carbocycles. The zero-order chi connectivity index (χ0) is 13.0. The number of ether oxygens (including phenoxy) is 1. The zero-order valence-electron chi connectivity index (χ0n) is 8.20. The number of alkyl halides is 4. The van der Waals surface area contributed by atoms with Gasteiger partial charge in [0.2, 0.25) is 0 Å². The molecule has 7 heteroatoms. The Morgan fingerprint density at radius 1 is 1.06 bits per heavy atom. The summed E-state index contributed by atoms with van der Waals surface area (Å²) in [6, 6.07) is 1.55. The fourth-order valence-electron chi connectivity index (χ4n) is 1.24. The molecular weight excluding hydrogens is 244 g/mol. The average molecular weight is 250 g/mol. The minimum absolute atomic E-state index is 0.0201. The number of halogens is 4. The third kappa shape index (κ3) is 3.02. The van der Waals surface area contributed by atoms with Gasteiger partial charge in [-0.3, -0.25) is 9.59 Å². The first-order chi connectivity index (χ1) is 7.99. The molecule has 17 heavy (non-hydrogen) atoms. The summed E-state index contributed by atoms with van der Waals surface area (Å²) in [7, 11) is 0. The highest BCUT2D eigenvalue weighted by molar-refractivity contribution is 5.86. The van der Waals surface area contributed by atoms with Gasteiger partial charge < -0.3 is 4.74 Å². The van der Waals surface area contributed by atoms with Gasteiger partial charge in [-0.25, -0.2) is 8.78 Å². The number of hydrogen-bond acceptors (Lipinski definition) is 3. The van der Waals surface area contributed by atoms with Crippen LogP contribution in [0.25, 0.3) is 0 Å². The number of carbonyl (C=O) groups is 2. The van der Waals surface area contributed by atoms with Gasteiger partial charge in [0.05, 0.1) is 5.56 Å². The van der Waals surface area contributed by atoms with Crippen LogP contribution in [0.15, 0.2) is 12.1 Å². The first-order valence-corrected chi connectivity index (χ1v) is 4.30. The van der Waals surface area contributed by atoms with E-state index in [1.807, 2.05) is 0 Å². The molecule has 0 aliphatic heterocycles. The Balaban J connectivity index is 3.38. The van der Waals surface area contributed by atoms with E-state index >= 15 is 0 Å². The fraction of sp³-hybridized carbons (Fsp3) is 0.200. The molecule has 0 unspecified atom stereocenters. The molecule has 0 fully saturated rings. The first kappa shape index (κ1) is 13.1. The highest BCUT2D eigenvalue weighted by Gasteiger charge is 2.20. The van der Waals surface area contributed by atoms with Gasteiger partial charge >= 0.3 is 6.61 Å². The van der Waals surface area contributed by atoms with Crippen LogP contribution in [-0.4, -0.2) is 19.2 Å². The molecule has 92 valence electrons. The second-order valence-electron chi connectivity index (χ2n) is 2.94. The molecule has 0 spiro atoms. The molecule has 0 aromatic heterocycles. The Kier molecular flexibility index (Phi) is 4.19. The van der Waals surface area contributed by atoms with E-state index in [4.69, 9.17) is 0 Å². The summed E-state index contributed by atoms with van der Waals surface area (Å²) in [5.41, 5.74) is -1.78. The van der Waals surface area contributed by atoms with Gasteiger partial charge in [0, 0.05) is 11.1 Å². The van der Waals surface area contributed by atoms with E-state index in [9.17, 15) is 27.2 Å². The van der Waals surface area contributed by atoms with Crippen molar-refractivity contribution in [1.29, 1.82) is 0 Å². The number of hydrogen-bond donors (Lipinski definition) is 0. The lowest BCUT2D eigenvalue weighted by molar-refractivity contribution is -0.0503. The van der Waals surface area contributed by atoms with Crippen molar-refractivity contribution in [1.82, 2.24) is 0 Å². The second kappa shape index (κ2) is 5.42. The third-order valence-corrected chi connectivity index (χ3v) is 1.90. The topological polar surface area (TPSA) is 43.4 Å². The van der Waals surface area contributed by atoms with Crippen LogP contribution in [0.3, 0.4) is 0 Å². The smallest absolute Gasteiger partial charge is 0.387 e. The van der Waals surface area contributed by atoms with Crippen molar-refractivity contribution >= 4 is 12.6 Å².